The number of ketones is 1. The van der Waals surface area contributed by atoms with Crippen molar-refractivity contribution in [2.24, 2.45) is 0 Å². The molecule has 8 nitrogen and oxygen atoms in total. The van der Waals surface area contributed by atoms with Crippen LogP contribution in [0, 0.1) is 0 Å². The number of hydrogen-bond donors (Lipinski definition) is 2. The number of carbonyl (C=O) groups is 2. The van der Waals surface area contributed by atoms with Crippen LogP contribution in [0.4, 0.5) is 5.69 Å². The average Bonchev–Trinajstić information content (AvgIpc) is 3.28. The molecule has 0 radical (unpaired) electrons. The van der Waals surface area contributed by atoms with E-state index in [0.717, 1.165) is 17.3 Å². The highest BCUT2D eigenvalue weighted by molar-refractivity contribution is 7.89. The molecule has 4 aromatic rings. The number of amides is 1. The highest BCUT2D eigenvalue weighted by atomic mass is 32.2. The van der Waals surface area contributed by atoms with Gasteiger partial charge in [-0.25, -0.2) is 8.42 Å². The molecule has 1 amide bonds. The van der Waals surface area contributed by atoms with E-state index in [9.17, 15) is 18.0 Å². The third-order valence-electron chi connectivity index (χ3n) is 4.97. The molecule has 0 saturated carbocycles. The van der Waals surface area contributed by atoms with E-state index in [1.54, 1.807) is 36.4 Å². The number of sulfonamides is 1. The lowest BCUT2D eigenvalue weighted by molar-refractivity contribution is -0.117. The predicted molar refractivity (Wildman–Crippen MR) is 127 cm³/mol. The maximum atomic E-state index is 13.2. The Morgan fingerprint density at radius 3 is 2.48 bits per heavy atom. The summed E-state index contributed by atoms with van der Waals surface area (Å²) < 4.78 is 37.2. The molecule has 0 aliphatic rings. The van der Waals surface area contributed by atoms with Gasteiger partial charge in [0.05, 0.1) is 11.7 Å². The number of anilines is 1. The van der Waals surface area contributed by atoms with Crippen molar-refractivity contribution in [1.82, 2.24) is 13.5 Å². The smallest absolute Gasteiger partial charge is 0.243 e. The van der Waals surface area contributed by atoms with Gasteiger partial charge in [0.25, 0.3) is 0 Å². The van der Waals surface area contributed by atoms with Crippen LogP contribution in [-0.4, -0.2) is 34.9 Å². The molecule has 1 atom stereocenters. The van der Waals surface area contributed by atoms with Crippen molar-refractivity contribution in [3.05, 3.63) is 83.9 Å². The Hall–Kier alpha value is -3.47. The molecule has 168 valence electrons. The van der Waals surface area contributed by atoms with Crippen LogP contribution < -0.4 is 10.0 Å². The molecular weight excluding hydrogens is 460 g/mol. The van der Waals surface area contributed by atoms with E-state index in [2.05, 4.69) is 18.8 Å². The lowest BCUT2D eigenvalue weighted by Crippen LogP contribution is -2.45. The third kappa shape index (κ3) is 5.30. The van der Waals surface area contributed by atoms with Crippen molar-refractivity contribution in [2.45, 2.75) is 24.3 Å². The number of Topliss-reactive ketones (excluding diaryl/α,β-unsaturated/α-hetero) is 1. The number of benzene rings is 3. The van der Waals surface area contributed by atoms with E-state index in [0.29, 0.717) is 16.8 Å². The Labute approximate surface area is 195 Å². The topological polar surface area (TPSA) is 118 Å². The first-order valence-corrected chi connectivity index (χ1v) is 12.2. The first kappa shape index (κ1) is 22.7. The summed E-state index contributed by atoms with van der Waals surface area (Å²) in [5.74, 6) is -0.690. The van der Waals surface area contributed by atoms with Crippen molar-refractivity contribution in [1.29, 1.82) is 0 Å². The summed E-state index contributed by atoms with van der Waals surface area (Å²) in [6.07, 6.45) is 0.129. The number of hydrogen-bond acceptors (Lipinski definition) is 7. The molecule has 33 heavy (non-hydrogen) atoms. The minimum atomic E-state index is -4.10. The van der Waals surface area contributed by atoms with Gasteiger partial charge in [-0.15, -0.1) is 0 Å². The van der Waals surface area contributed by atoms with Crippen LogP contribution in [0.15, 0.2) is 77.7 Å². The number of fused-ring (bicyclic) bond motifs is 1. The molecule has 1 heterocycles. The summed E-state index contributed by atoms with van der Waals surface area (Å²) >= 11 is 0.917. The Morgan fingerprint density at radius 1 is 0.970 bits per heavy atom. The highest BCUT2D eigenvalue weighted by Gasteiger charge is 2.28. The van der Waals surface area contributed by atoms with Gasteiger partial charge < -0.3 is 5.32 Å². The first-order chi connectivity index (χ1) is 15.8. The maximum Gasteiger partial charge on any atom is 0.243 e. The maximum absolute atomic E-state index is 13.2. The van der Waals surface area contributed by atoms with Crippen molar-refractivity contribution in [3.63, 3.8) is 0 Å². The zero-order valence-electron chi connectivity index (χ0n) is 17.6. The SMILES string of the molecule is CC(=O)c1cccc(NC(=O)[C@H](Cc2ccccc2)NS(=O)(=O)c2cccc3nsnc23)c1. The number of aromatic nitrogens is 2. The zero-order valence-corrected chi connectivity index (χ0v) is 19.2. The van der Waals surface area contributed by atoms with Crippen LogP contribution >= 0.6 is 11.7 Å². The fraction of sp³-hybridized carbons (Fsp3) is 0.130. The first-order valence-electron chi connectivity index (χ1n) is 10.0. The lowest BCUT2D eigenvalue weighted by atomic mass is 10.1. The van der Waals surface area contributed by atoms with Crippen LogP contribution in [0.5, 0.6) is 0 Å². The van der Waals surface area contributed by atoms with Crippen LogP contribution in [0.1, 0.15) is 22.8 Å². The minimum Gasteiger partial charge on any atom is -0.325 e. The summed E-state index contributed by atoms with van der Waals surface area (Å²) in [7, 11) is -4.10. The quantitative estimate of drug-likeness (QED) is 0.373. The second kappa shape index (κ2) is 9.57. The van der Waals surface area contributed by atoms with Crippen molar-refractivity contribution in [2.75, 3.05) is 5.32 Å². The van der Waals surface area contributed by atoms with Gasteiger partial charge in [-0.3, -0.25) is 9.59 Å². The normalized spacial score (nSPS) is 12.4. The lowest BCUT2D eigenvalue weighted by Gasteiger charge is -2.19. The van der Waals surface area contributed by atoms with Gasteiger partial charge in [0.1, 0.15) is 22.0 Å². The molecule has 0 fully saturated rings. The van der Waals surface area contributed by atoms with E-state index in [4.69, 9.17) is 0 Å². The number of rotatable bonds is 8. The monoisotopic (exact) mass is 480 g/mol. The van der Waals surface area contributed by atoms with Crippen LogP contribution in [-0.2, 0) is 21.2 Å². The van der Waals surface area contributed by atoms with Gasteiger partial charge in [-0.05, 0) is 43.2 Å². The molecule has 3 aromatic carbocycles. The summed E-state index contributed by atoms with van der Waals surface area (Å²) in [5.41, 5.74) is 2.34. The van der Waals surface area contributed by atoms with Gasteiger partial charge in [0.15, 0.2) is 5.78 Å². The Balaban J connectivity index is 1.64. The van der Waals surface area contributed by atoms with E-state index >= 15 is 0 Å². The number of carbonyl (C=O) groups excluding carboxylic acids is 2. The predicted octanol–water partition coefficient (Wildman–Crippen LogP) is 3.42. The number of nitrogens with zero attached hydrogens (tertiary/aromatic N) is 2. The second-order valence-corrected chi connectivity index (χ2v) is 9.59. The second-order valence-electron chi connectivity index (χ2n) is 7.38. The summed E-state index contributed by atoms with van der Waals surface area (Å²) in [6.45, 7) is 1.43. The van der Waals surface area contributed by atoms with Crippen molar-refractivity contribution >= 4 is 50.2 Å². The van der Waals surface area contributed by atoms with Crippen LogP contribution in [0.2, 0.25) is 0 Å². The Kier molecular flexibility index (Phi) is 6.59. The minimum absolute atomic E-state index is 0.0433. The summed E-state index contributed by atoms with van der Waals surface area (Å²) in [6, 6.07) is 19.2. The van der Waals surface area contributed by atoms with Gasteiger partial charge in [-0.2, -0.15) is 13.5 Å². The van der Waals surface area contributed by atoms with E-state index in [1.165, 1.54) is 13.0 Å². The van der Waals surface area contributed by atoms with Crippen LogP contribution in [0.3, 0.4) is 0 Å². The molecule has 0 aliphatic heterocycles. The van der Waals surface area contributed by atoms with E-state index in [-0.39, 0.29) is 22.6 Å². The molecular formula is C23H20N4O4S2. The summed E-state index contributed by atoms with van der Waals surface area (Å²) in [5, 5.41) is 2.72. The molecule has 0 spiro atoms. The Bertz CT molecular complexity index is 1420. The fourth-order valence-corrected chi connectivity index (χ4v) is 5.29. The zero-order chi connectivity index (χ0) is 23.4. The molecule has 0 bridgehead atoms. The highest BCUT2D eigenvalue weighted by Crippen LogP contribution is 2.22. The van der Waals surface area contributed by atoms with E-state index in [1.807, 2.05) is 30.3 Å². The van der Waals surface area contributed by atoms with Gasteiger partial charge >= 0.3 is 0 Å². The molecule has 4 rings (SSSR count). The van der Waals surface area contributed by atoms with Gasteiger partial charge in [0.2, 0.25) is 15.9 Å². The van der Waals surface area contributed by atoms with Crippen LogP contribution in [0.25, 0.3) is 11.0 Å². The van der Waals surface area contributed by atoms with E-state index < -0.39 is 22.0 Å². The number of nitrogens with one attached hydrogen (secondary N) is 2. The standard InChI is InChI=1S/C23H20N4O4S2/c1-15(28)17-9-5-10-18(14-17)24-23(29)20(13-16-7-3-2-4-8-16)27-33(30,31)21-12-6-11-19-22(21)26-32-25-19/h2-12,14,20,27H,13H2,1H3,(H,24,29)/t20-/m0/s1. The molecule has 2 N–H and O–H groups in total. The Morgan fingerprint density at radius 2 is 1.73 bits per heavy atom. The largest absolute Gasteiger partial charge is 0.325 e. The van der Waals surface area contributed by atoms with Crippen molar-refractivity contribution < 1.29 is 18.0 Å². The molecule has 1 aromatic heterocycles. The summed E-state index contributed by atoms with van der Waals surface area (Å²) in [4.78, 5) is 24.8. The van der Waals surface area contributed by atoms with Crippen molar-refractivity contribution in [3.8, 4) is 0 Å². The fourth-order valence-electron chi connectivity index (χ4n) is 3.33. The molecule has 0 saturated heterocycles. The molecule has 0 unspecified atom stereocenters. The third-order valence-corrected chi connectivity index (χ3v) is 7.02. The molecule has 0 aliphatic carbocycles. The average molecular weight is 481 g/mol. The molecule has 10 heteroatoms. The van der Waals surface area contributed by atoms with Gasteiger partial charge in [0, 0.05) is 11.3 Å². The van der Waals surface area contributed by atoms with Gasteiger partial charge in [-0.1, -0.05) is 48.5 Å².